The topological polar surface area (TPSA) is 72.9 Å². The van der Waals surface area contributed by atoms with Crippen LogP contribution in [0.4, 0.5) is 11.6 Å². The molecule has 0 unspecified atom stereocenters. The van der Waals surface area contributed by atoms with Crippen LogP contribution in [0.15, 0.2) is 12.4 Å². The predicted molar refractivity (Wildman–Crippen MR) is 74.5 cm³/mol. The number of nitrogens with two attached hydrogens (primary N) is 1. The Morgan fingerprint density at radius 1 is 1.16 bits per heavy atom. The molecule has 0 saturated carbocycles. The average Bonchev–Trinajstić information content (AvgIpc) is 2.99. The summed E-state index contributed by atoms with van der Waals surface area (Å²) >= 11 is 0. The maximum absolute atomic E-state index is 6.06. The van der Waals surface area contributed by atoms with Gasteiger partial charge in [-0.1, -0.05) is 0 Å². The molecule has 1 aliphatic heterocycles. The first-order valence-corrected chi connectivity index (χ1v) is 6.56. The van der Waals surface area contributed by atoms with Crippen LogP contribution in [0.5, 0.6) is 0 Å². The van der Waals surface area contributed by atoms with Gasteiger partial charge < -0.3 is 10.6 Å². The molecule has 0 aliphatic carbocycles. The van der Waals surface area contributed by atoms with Crippen molar-refractivity contribution in [2.24, 2.45) is 0 Å². The van der Waals surface area contributed by atoms with Crippen LogP contribution in [-0.2, 0) is 0 Å². The zero-order chi connectivity index (χ0) is 13.4. The summed E-state index contributed by atoms with van der Waals surface area (Å²) in [4.78, 5) is 10.8. The Hall–Kier alpha value is -2.11. The highest BCUT2D eigenvalue weighted by molar-refractivity contribution is 5.68. The number of aryl methyl sites for hydroxylation is 2. The van der Waals surface area contributed by atoms with Crippen molar-refractivity contribution in [3.8, 4) is 5.69 Å². The third kappa shape index (κ3) is 2.03. The van der Waals surface area contributed by atoms with Gasteiger partial charge in [0.2, 0.25) is 0 Å². The van der Waals surface area contributed by atoms with E-state index in [-0.39, 0.29) is 0 Å². The lowest BCUT2D eigenvalue weighted by atomic mass is 10.3. The SMILES string of the molecule is Cc1cc(C)n(-c2c(N)ncnc2N2CCCC2)n1. The van der Waals surface area contributed by atoms with Gasteiger partial charge in [0.05, 0.1) is 5.69 Å². The predicted octanol–water partition coefficient (Wildman–Crippen LogP) is 1.46. The molecular weight excluding hydrogens is 240 g/mol. The summed E-state index contributed by atoms with van der Waals surface area (Å²) in [6, 6.07) is 2.03. The van der Waals surface area contributed by atoms with Crippen LogP contribution in [0.25, 0.3) is 5.69 Å². The van der Waals surface area contributed by atoms with Gasteiger partial charge in [-0.05, 0) is 32.8 Å². The first-order chi connectivity index (χ1) is 9.16. The van der Waals surface area contributed by atoms with Gasteiger partial charge >= 0.3 is 0 Å². The van der Waals surface area contributed by atoms with Gasteiger partial charge in [-0.3, -0.25) is 0 Å². The fraction of sp³-hybridized carbons (Fsp3) is 0.462. The molecule has 3 rings (SSSR count). The monoisotopic (exact) mass is 258 g/mol. The van der Waals surface area contributed by atoms with Crippen LogP contribution < -0.4 is 10.6 Å². The number of aromatic nitrogens is 4. The molecular formula is C13H18N6. The molecule has 0 bridgehead atoms. The highest BCUT2D eigenvalue weighted by atomic mass is 15.3. The second-order valence-corrected chi connectivity index (χ2v) is 4.96. The Labute approximate surface area is 112 Å². The summed E-state index contributed by atoms with van der Waals surface area (Å²) in [6.07, 6.45) is 3.92. The van der Waals surface area contributed by atoms with Crippen molar-refractivity contribution in [2.45, 2.75) is 26.7 Å². The summed E-state index contributed by atoms with van der Waals surface area (Å²) in [6.45, 7) is 6.02. The highest BCUT2D eigenvalue weighted by Crippen LogP contribution is 2.29. The van der Waals surface area contributed by atoms with E-state index in [2.05, 4.69) is 20.0 Å². The lowest BCUT2D eigenvalue weighted by molar-refractivity contribution is 0.808. The summed E-state index contributed by atoms with van der Waals surface area (Å²) in [5, 5.41) is 4.50. The molecule has 0 atom stereocenters. The minimum Gasteiger partial charge on any atom is -0.382 e. The molecule has 1 aliphatic rings. The van der Waals surface area contributed by atoms with Crippen LogP contribution in [0.1, 0.15) is 24.2 Å². The molecule has 0 radical (unpaired) electrons. The molecule has 1 fully saturated rings. The van der Waals surface area contributed by atoms with Crippen molar-refractivity contribution in [3.05, 3.63) is 23.8 Å². The number of anilines is 2. The Morgan fingerprint density at radius 3 is 2.53 bits per heavy atom. The van der Waals surface area contributed by atoms with E-state index in [0.29, 0.717) is 5.82 Å². The number of nitrogens with zero attached hydrogens (tertiary/aromatic N) is 5. The van der Waals surface area contributed by atoms with Gasteiger partial charge in [-0.25, -0.2) is 14.6 Å². The summed E-state index contributed by atoms with van der Waals surface area (Å²) in [5.41, 5.74) is 8.87. The number of rotatable bonds is 2. The van der Waals surface area contributed by atoms with Crippen molar-refractivity contribution >= 4 is 11.6 Å². The average molecular weight is 258 g/mol. The first kappa shape index (κ1) is 12.0. The molecule has 100 valence electrons. The molecule has 0 aromatic carbocycles. The molecule has 19 heavy (non-hydrogen) atoms. The van der Waals surface area contributed by atoms with Crippen LogP contribution in [0.3, 0.4) is 0 Å². The Bertz CT molecular complexity index is 597. The molecule has 6 nitrogen and oxygen atoms in total. The van der Waals surface area contributed by atoms with Crippen molar-refractivity contribution in [2.75, 3.05) is 23.7 Å². The van der Waals surface area contributed by atoms with E-state index in [4.69, 9.17) is 5.73 Å². The van der Waals surface area contributed by atoms with E-state index in [1.54, 1.807) is 0 Å². The molecule has 2 aromatic heterocycles. The number of hydrogen-bond acceptors (Lipinski definition) is 5. The van der Waals surface area contributed by atoms with Crippen molar-refractivity contribution in [1.82, 2.24) is 19.7 Å². The first-order valence-electron chi connectivity index (χ1n) is 6.56. The van der Waals surface area contributed by atoms with E-state index in [1.165, 1.54) is 19.2 Å². The van der Waals surface area contributed by atoms with Crippen LogP contribution in [0.2, 0.25) is 0 Å². The van der Waals surface area contributed by atoms with Crippen LogP contribution >= 0.6 is 0 Å². The van der Waals surface area contributed by atoms with Crippen molar-refractivity contribution < 1.29 is 0 Å². The fourth-order valence-electron chi connectivity index (χ4n) is 2.60. The zero-order valence-corrected chi connectivity index (χ0v) is 11.3. The summed E-state index contributed by atoms with van der Waals surface area (Å²) in [7, 11) is 0. The largest absolute Gasteiger partial charge is 0.382 e. The lowest BCUT2D eigenvalue weighted by Gasteiger charge is -2.20. The van der Waals surface area contributed by atoms with E-state index in [1.807, 2.05) is 24.6 Å². The Morgan fingerprint density at radius 2 is 1.89 bits per heavy atom. The van der Waals surface area contributed by atoms with E-state index >= 15 is 0 Å². The second kappa shape index (κ2) is 4.53. The maximum atomic E-state index is 6.06. The summed E-state index contributed by atoms with van der Waals surface area (Å²) in [5.74, 6) is 1.36. The third-order valence-corrected chi connectivity index (χ3v) is 3.46. The smallest absolute Gasteiger partial charge is 0.160 e. The third-order valence-electron chi connectivity index (χ3n) is 3.46. The molecule has 6 heteroatoms. The van der Waals surface area contributed by atoms with Crippen LogP contribution in [0, 0.1) is 13.8 Å². The second-order valence-electron chi connectivity index (χ2n) is 4.96. The van der Waals surface area contributed by atoms with E-state index in [0.717, 1.165) is 36.0 Å². The van der Waals surface area contributed by atoms with Gasteiger partial charge in [0, 0.05) is 18.8 Å². The minimum absolute atomic E-state index is 0.475. The van der Waals surface area contributed by atoms with Gasteiger partial charge in [0.1, 0.15) is 12.0 Å². The lowest BCUT2D eigenvalue weighted by Crippen LogP contribution is -2.22. The van der Waals surface area contributed by atoms with Gasteiger partial charge in [0.15, 0.2) is 11.6 Å². The fourth-order valence-corrected chi connectivity index (χ4v) is 2.60. The molecule has 2 aromatic rings. The normalized spacial score (nSPS) is 15.2. The molecule has 2 N–H and O–H groups in total. The molecule has 3 heterocycles. The van der Waals surface area contributed by atoms with Crippen molar-refractivity contribution in [3.63, 3.8) is 0 Å². The number of hydrogen-bond donors (Lipinski definition) is 1. The highest BCUT2D eigenvalue weighted by Gasteiger charge is 2.22. The van der Waals surface area contributed by atoms with Gasteiger partial charge in [-0.2, -0.15) is 5.10 Å². The van der Waals surface area contributed by atoms with Gasteiger partial charge in [-0.15, -0.1) is 0 Å². The van der Waals surface area contributed by atoms with Gasteiger partial charge in [0.25, 0.3) is 0 Å². The summed E-state index contributed by atoms with van der Waals surface area (Å²) < 4.78 is 1.85. The number of nitrogen functional groups attached to an aromatic ring is 1. The molecule has 0 amide bonds. The van der Waals surface area contributed by atoms with Crippen LogP contribution in [-0.4, -0.2) is 32.8 Å². The van der Waals surface area contributed by atoms with E-state index < -0.39 is 0 Å². The zero-order valence-electron chi connectivity index (χ0n) is 11.3. The minimum atomic E-state index is 0.475. The Kier molecular flexibility index (Phi) is 2.85. The van der Waals surface area contributed by atoms with Crippen molar-refractivity contribution in [1.29, 1.82) is 0 Å². The van der Waals surface area contributed by atoms with E-state index in [9.17, 15) is 0 Å². The maximum Gasteiger partial charge on any atom is 0.160 e. The molecule has 1 saturated heterocycles. The quantitative estimate of drug-likeness (QED) is 0.883. The molecule has 0 spiro atoms. The standard InChI is InChI=1S/C13H18N6/c1-9-7-10(2)19(17-9)11-12(14)15-8-16-13(11)18-5-3-4-6-18/h7-8H,3-6H2,1-2H3,(H2,14,15,16). The Balaban J connectivity index is 2.16.